The van der Waals surface area contributed by atoms with Gasteiger partial charge in [-0.2, -0.15) is 0 Å². The zero-order valence-corrected chi connectivity index (χ0v) is 12.5. The summed E-state index contributed by atoms with van der Waals surface area (Å²) in [7, 11) is 0. The van der Waals surface area contributed by atoms with Crippen LogP contribution in [0.15, 0.2) is 48.5 Å². The lowest BCUT2D eigenvalue weighted by Crippen LogP contribution is -2.13. The van der Waals surface area contributed by atoms with Gasteiger partial charge >= 0.3 is 0 Å². The molecule has 3 nitrogen and oxygen atoms in total. The highest BCUT2D eigenvalue weighted by Gasteiger charge is 2.14. The first-order chi connectivity index (χ1) is 10.1. The minimum absolute atomic E-state index is 0.0613. The number of rotatable bonds is 6. The molecule has 0 amide bonds. The molecule has 3 heteroatoms. The molecule has 0 saturated heterocycles. The Morgan fingerprint density at radius 1 is 1.19 bits per heavy atom. The van der Waals surface area contributed by atoms with E-state index in [0.29, 0.717) is 12.1 Å². The van der Waals surface area contributed by atoms with Crippen molar-refractivity contribution < 1.29 is 9.53 Å². The number of ketones is 1. The highest BCUT2D eigenvalue weighted by atomic mass is 16.5. The largest absolute Gasteiger partial charge is 0.485 e. The van der Waals surface area contributed by atoms with Crippen LogP contribution in [0.4, 0.5) is 0 Å². The second-order valence-electron chi connectivity index (χ2n) is 5.13. The van der Waals surface area contributed by atoms with Crippen LogP contribution in [-0.2, 0) is 0 Å². The number of benzene rings is 2. The van der Waals surface area contributed by atoms with E-state index in [1.54, 1.807) is 13.0 Å². The van der Waals surface area contributed by atoms with Gasteiger partial charge in [-0.15, -0.1) is 0 Å². The van der Waals surface area contributed by atoms with Crippen LogP contribution >= 0.6 is 0 Å². The molecule has 0 bridgehead atoms. The third-order valence-electron chi connectivity index (χ3n) is 3.45. The van der Waals surface area contributed by atoms with Crippen molar-refractivity contribution in [3.8, 4) is 5.75 Å². The summed E-state index contributed by atoms with van der Waals surface area (Å²) in [6.07, 6.45) is 0.677. The van der Waals surface area contributed by atoms with Crippen LogP contribution in [0.2, 0.25) is 0 Å². The van der Waals surface area contributed by atoms with Gasteiger partial charge < -0.3 is 10.5 Å². The van der Waals surface area contributed by atoms with Crippen LogP contribution in [0.1, 0.15) is 40.9 Å². The third kappa shape index (κ3) is 3.92. The normalized spacial score (nSPS) is 12.0. The van der Waals surface area contributed by atoms with E-state index in [9.17, 15) is 4.79 Å². The second kappa shape index (κ2) is 7.04. The van der Waals surface area contributed by atoms with Gasteiger partial charge in [-0.05, 0) is 49.7 Å². The number of hydrogen-bond acceptors (Lipinski definition) is 3. The van der Waals surface area contributed by atoms with Gasteiger partial charge in [0, 0.05) is 12.0 Å². The van der Waals surface area contributed by atoms with E-state index in [-0.39, 0.29) is 11.9 Å². The van der Waals surface area contributed by atoms with E-state index >= 15 is 0 Å². The Kier molecular flexibility index (Phi) is 5.12. The molecule has 0 aromatic heterocycles. The van der Waals surface area contributed by atoms with E-state index in [0.717, 1.165) is 23.3 Å². The molecule has 1 atom stereocenters. The number of hydrogen-bond donors (Lipinski definition) is 1. The van der Waals surface area contributed by atoms with Gasteiger partial charge in [0.1, 0.15) is 11.9 Å². The minimum atomic E-state index is -0.0712. The second-order valence-corrected chi connectivity index (χ2v) is 5.13. The quantitative estimate of drug-likeness (QED) is 0.823. The lowest BCUT2D eigenvalue weighted by atomic mass is 10.1. The summed E-state index contributed by atoms with van der Waals surface area (Å²) in [5, 5.41) is 0. The number of carbonyl (C=O) groups is 1. The van der Waals surface area contributed by atoms with Crippen molar-refractivity contribution in [1.82, 2.24) is 0 Å². The average Bonchev–Trinajstić information content (AvgIpc) is 2.49. The Balaban J connectivity index is 2.23. The van der Waals surface area contributed by atoms with E-state index in [1.807, 2.05) is 49.4 Å². The molecule has 0 unspecified atom stereocenters. The smallest absolute Gasteiger partial charge is 0.159 e. The molecule has 2 aromatic rings. The first kappa shape index (κ1) is 15.3. The van der Waals surface area contributed by atoms with Crippen LogP contribution in [0.25, 0.3) is 0 Å². The summed E-state index contributed by atoms with van der Waals surface area (Å²) in [6.45, 7) is 4.08. The first-order valence-corrected chi connectivity index (χ1v) is 7.15. The third-order valence-corrected chi connectivity index (χ3v) is 3.45. The topological polar surface area (TPSA) is 52.3 Å². The molecular weight excluding hydrogens is 262 g/mol. The number of ether oxygens (including phenoxy) is 1. The lowest BCUT2D eigenvalue weighted by molar-refractivity contribution is 0.101. The summed E-state index contributed by atoms with van der Waals surface area (Å²) in [4.78, 5) is 11.4. The molecule has 2 N–H and O–H groups in total. The van der Waals surface area contributed by atoms with E-state index < -0.39 is 0 Å². The molecule has 0 heterocycles. The Bertz CT molecular complexity index is 608. The van der Waals surface area contributed by atoms with Crippen molar-refractivity contribution in [3.63, 3.8) is 0 Å². The molecule has 0 aliphatic heterocycles. The van der Waals surface area contributed by atoms with Gasteiger partial charge in [-0.3, -0.25) is 4.79 Å². The van der Waals surface area contributed by atoms with Crippen LogP contribution < -0.4 is 10.5 Å². The molecule has 0 aliphatic rings. The maximum atomic E-state index is 11.4. The molecule has 0 aliphatic carbocycles. The Labute approximate surface area is 125 Å². The van der Waals surface area contributed by atoms with E-state index in [4.69, 9.17) is 10.5 Å². The molecule has 0 fully saturated rings. The number of aryl methyl sites for hydroxylation is 1. The van der Waals surface area contributed by atoms with Crippen LogP contribution in [0, 0.1) is 6.92 Å². The van der Waals surface area contributed by atoms with Crippen LogP contribution in [0.3, 0.4) is 0 Å². The fourth-order valence-electron chi connectivity index (χ4n) is 2.27. The zero-order valence-electron chi connectivity index (χ0n) is 12.5. The summed E-state index contributed by atoms with van der Waals surface area (Å²) < 4.78 is 6.12. The molecule has 110 valence electrons. The summed E-state index contributed by atoms with van der Waals surface area (Å²) in [5.74, 6) is 0.855. The molecule has 0 saturated carbocycles. The van der Waals surface area contributed by atoms with Crippen molar-refractivity contribution in [2.75, 3.05) is 6.54 Å². The lowest BCUT2D eigenvalue weighted by Gasteiger charge is -2.20. The van der Waals surface area contributed by atoms with E-state index in [2.05, 4.69) is 0 Å². The molecule has 21 heavy (non-hydrogen) atoms. The van der Waals surface area contributed by atoms with Crippen molar-refractivity contribution in [2.24, 2.45) is 5.73 Å². The Morgan fingerprint density at radius 2 is 1.90 bits per heavy atom. The van der Waals surface area contributed by atoms with Crippen molar-refractivity contribution in [2.45, 2.75) is 26.4 Å². The number of Topliss-reactive ketones (excluding diaryl/α,β-unsaturated/α-hetero) is 1. The highest BCUT2D eigenvalue weighted by molar-refractivity contribution is 5.94. The van der Waals surface area contributed by atoms with Gasteiger partial charge in [-0.25, -0.2) is 0 Å². The maximum Gasteiger partial charge on any atom is 0.159 e. The summed E-state index contributed by atoms with van der Waals surface area (Å²) in [5.41, 5.74) is 8.47. The van der Waals surface area contributed by atoms with Gasteiger partial charge in [0.15, 0.2) is 5.78 Å². The number of carbonyl (C=O) groups excluding carboxylic acids is 1. The van der Waals surface area contributed by atoms with Gasteiger partial charge in [0.2, 0.25) is 0 Å². The molecular formula is C18H21NO2. The monoisotopic (exact) mass is 283 g/mol. The highest BCUT2D eigenvalue weighted by Crippen LogP contribution is 2.27. The molecule has 2 aromatic carbocycles. The molecule has 2 rings (SSSR count). The van der Waals surface area contributed by atoms with Crippen molar-refractivity contribution in [1.29, 1.82) is 0 Å². The fourth-order valence-corrected chi connectivity index (χ4v) is 2.27. The predicted molar refractivity (Wildman–Crippen MR) is 84.7 cm³/mol. The van der Waals surface area contributed by atoms with Crippen molar-refractivity contribution in [3.05, 3.63) is 65.2 Å². The van der Waals surface area contributed by atoms with Crippen LogP contribution in [0.5, 0.6) is 5.75 Å². The zero-order chi connectivity index (χ0) is 15.2. The SMILES string of the molecule is CC(=O)c1ccc(O[C@H](CCN)c2ccccc2)c(C)c1. The number of nitrogens with two attached hydrogens (primary N) is 1. The van der Waals surface area contributed by atoms with Gasteiger partial charge in [0.25, 0.3) is 0 Å². The molecule has 0 radical (unpaired) electrons. The standard InChI is InChI=1S/C18H21NO2/c1-13-12-16(14(2)20)8-9-17(13)21-18(10-11-19)15-6-4-3-5-7-15/h3-9,12,18H,10-11,19H2,1-2H3/t18-/m1/s1. The Hall–Kier alpha value is -2.13. The average molecular weight is 283 g/mol. The maximum absolute atomic E-state index is 11.4. The summed E-state index contributed by atoms with van der Waals surface area (Å²) in [6, 6.07) is 15.6. The van der Waals surface area contributed by atoms with Gasteiger partial charge in [-0.1, -0.05) is 30.3 Å². The van der Waals surface area contributed by atoms with Crippen molar-refractivity contribution >= 4 is 5.78 Å². The molecule has 0 spiro atoms. The first-order valence-electron chi connectivity index (χ1n) is 7.15. The summed E-state index contributed by atoms with van der Waals surface area (Å²) >= 11 is 0. The fraction of sp³-hybridized carbons (Fsp3) is 0.278. The van der Waals surface area contributed by atoms with Crippen LogP contribution in [-0.4, -0.2) is 12.3 Å². The Morgan fingerprint density at radius 3 is 2.48 bits per heavy atom. The van der Waals surface area contributed by atoms with Gasteiger partial charge in [0.05, 0.1) is 0 Å². The predicted octanol–water partition coefficient (Wildman–Crippen LogP) is 3.67. The van der Waals surface area contributed by atoms with E-state index in [1.165, 1.54) is 0 Å². The minimum Gasteiger partial charge on any atom is -0.485 e.